The fourth-order valence-corrected chi connectivity index (χ4v) is 0.954. The van der Waals surface area contributed by atoms with Gasteiger partial charge in [0.25, 0.3) is 0 Å². The Morgan fingerprint density at radius 2 is 2.46 bits per heavy atom. The molecule has 13 heavy (non-hydrogen) atoms. The highest BCUT2D eigenvalue weighted by atomic mass is 16.4. The summed E-state index contributed by atoms with van der Waals surface area (Å²) in [7, 11) is 0. The van der Waals surface area contributed by atoms with Crippen LogP contribution < -0.4 is 5.32 Å². The summed E-state index contributed by atoms with van der Waals surface area (Å²) in [6, 6.07) is 0. The van der Waals surface area contributed by atoms with Crippen LogP contribution in [0.3, 0.4) is 0 Å². The molecule has 0 amide bonds. The average Bonchev–Trinajstić information content (AvgIpc) is 2.51. The van der Waals surface area contributed by atoms with E-state index in [1.807, 2.05) is 13.8 Å². The largest absolute Gasteiger partial charge is 0.445 e. The van der Waals surface area contributed by atoms with E-state index < -0.39 is 0 Å². The van der Waals surface area contributed by atoms with Crippen LogP contribution in [0.5, 0.6) is 0 Å². The van der Waals surface area contributed by atoms with Crippen molar-refractivity contribution in [2.75, 3.05) is 6.54 Å². The molecule has 0 aliphatic rings. The molecule has 0 saturated carbocycles. The molecule has 0 saturated heterocycles. The third kappa shape index (κ3) is 3.77. The Morgan fingerprint density at radius 1 is 1.62 bits per heavy atom. The Hall–Kier alpha value is -1.27. The highest BCUT2D eigenvalue weighted by Crippen LogP contribution is 2.00. The lowest BCUT2D eigenvalue weighted by molar-refractivity contribution is 0.451. The Kier molecular flexibility index (Phi) is 4.07. The van der Waals surface area contributed by atoms with Gasteiger partial charge in [-0.15, -0.1) is 11.8 Å². The minimum Gasteiger partial charge on any atom is -0.445 e. The van der Waals surface area contributed by atoms with Crippen LogP contribution in [0.1, 0.15) is 25.0 Å². The highest BCUT2D eigenvalue weighted by Gasteiger charge is 1.97. The molecule has 1 aromatic heterocycles. The maximum atomic E-state index is 5.28. The summed E-state index contributed by atoms with van der Waals surface area (Å²) in [6.45, 7) is 5.29. The van der Waals surface area contributed by atoms with Crippen molar-refractivity contribution < 1.29 is 4.42 Å². The average molecular weight is 178 g/mol. The van der Waals surface area contributed by atoms with Crippen molar-refractivity contribution in [3.63, 3.8) is 0 Å². The maximum absolute atomic E-state index is 5.28. The molecule has 0 aliphatic heterocycles. The smallest absolute Gasteiger partial charge is 0.208 e. The number of hydrogen-bond donors (Lipinski definition) is 1. The van der Waals surface area contributed by atoms with E-state index in [1.165, 1.54) is 0 Å². The van der Waals surface area contributed by atoms with Crippen molar-refractivity contribution in [2.45, 2.75) is 26.8 Å². The lowest BCUT2D eigenvalue weighted by Gasteiger charge is -1.96. The van der Waals surface area contributed by atoms with Crippen LogP contribution in [0.25, 0.3) is 0 Å². The van der Waals surface area contributed by atoms with Crippen molar-refractivity contribution in [1.82, 2.24) is 10.3 Å². The third-order valence-electron chi connectivity index (χ3n) is 1.55. The zero-order valence-electron chi connectivity index (χ0n) is 8.05. The zero-order valence-corrected chi connectivity index (χ0v) is 8.05. The minimum atomic E-state index is 0.680. The van der Waals surface area contributed by atoms with E-state index in [4.69, 9.17) is 4.42 Å². The Labute approximate surface area is 78.5 Å². The summed E-state index contributed by atoms with van der Waals surface area (Å²) in [4.78, 5) is 4.07. The van der Waals surface area contributed by atoms with Gasteiger partial charge in [0.2, 0.25) is 5.89 Å². The molecule has 3 heteroatoms. The van der Waals surface area contributed by atoms with Gasteiger partial charge in [0.1, 0.15) is 5.76 Å². The molecular formula is C10H14N2O. The molecule has 0 atom stereocenters. The van der Waals surface area contributed by atoms with Gasteiger partial charge in [-0.1, -0.05) is 0 Å². The van der Waals surface area contributed by atoms with Gasteiger partial charge >= 0.3 is 0 Å². The van der Waals surface area contributed by atoms with E-state index in [9.17, 15) is 0 Å². The second-order valence-corrected chi connectivity index (χ2v) is 2.72. The second-order valence-electron chi connectivity index (χ2n) is 2.72. The van der Waals surface area contributed by atoms with Crippen molar-refractivity contribution in [3.05, 3.63) is 17.8 Å². The van der Waals surface area contributed by atoms with Crippen LogP contribution >= 0.6 is 0 Å². The molecule has 3 nitrogen and oxygen atoms in total. The summed E-state index contributed by atoms with van der Waals surface area (Å²) in [5.74, 6) is 7.41. The standard InChI is InChI=1S/C10H14N2O/c1-3-4-5-6-11-8-10-12-7-9(2)13-10/h7,11H,5-6,8H2,1-2H3. The molecule has 1 rings (SSSR count). The summed E-state index contributed by atoms with van der Waals surface area (Å²) in [5, 5.41) is 3.19. The van der Waals surface area contributed by atoms with Crippen LogP contribution in [0.4, 0.5) is 0 Å². The van der Waals surface area contributed by atoms with Gasteiger partial charge in [-0.05, 0) is 13.8 Å². The first-order valence-corrected chi connectivity index (χ1v) is 4.34. The SMILES string of the molecule is CC#CCCNCc1ncc(C)o1. The van der Waals surface area contributed by atoms with Crippen LogP contribution in [0.15, 0.2) is 10.6 Å². The van der Waals surface area contributed by atoms with Gasteiger partial charge in [0.15, 0.2) is 0 Å². The van der Waals surface area contributed by atoms with E-state index in [2.05, 4.69) is 22.1 Å². The fraction of sp³-hybridized carbons (Fsp3) is 0.500. The van der Waals surface area contributed by atoms with E-state index in [0.717, 1.165) is 24.6 Å². The number of oxazole rings is 1. The van der Waals surface area contributed by atoms with Gasteiger partial charge in [0.05, 0.1) is 12.7 Å². The summed E-state index contributed by atoms with van der Waals surface area (Å²) >= 11 is 0. The first-order chi connectivity index (χ1) is 6.33. The first-order valence-electron chi connectivity index (χ1n) is 4.34. The first kappa shape index (κ1) is 9.82. The topological polar surface area (TPSA) is 38.1 Å². The van der Waals surface area contributed by atoms with Gasteiger partial charge < -0.3 is 9.73 Å². The monoisotopic (exact) mass is 178 g/mol. The highest BCUT2D eigenvalue weighted by molar-refractivity contribution is 4.95. The molecule has 0 aliphatic carbocycles. The fourth-order valence-electron chi connectivity index (χ4n) is 0.954. The number of hydrogen-bond acceptors (Lipinski definition) is 3. The molecule has 1 heterocycles. The van der Waals surface area contributed by atoms with Crippen molar-refractivity contribution in [3.8, 4) is 11.8 Å². The molecule has 70 valence electrons. The van der Waals surface area contributed by atoms with Crippen molar-refractivity contribution >= 4 is 0 Å². The second kappa shape index (κ2) is 5.39. The number of aromatic nitrogens is 1. The molecule has 0 aromatic carbocycles. The van der Waals surface area contributed by atoms with E-state index >= 15 is 0 Å². The molecule has 1 aromatic rings. The Balaban J connectivity index is 2.15. The molecule has 0 spiro atoms. The van der Waals surface area contributed by atoms with Gasteiger partial charge in [-0.25, -0.2) is 4.98 Å². The molecular weight excluding hydrogens is 164 g/mol. The van der Waals surface area contributed by atoms with Crippen LogP contribution in [0, 0.1) is 18.8 Å². The lowest BCUT2D eigenvalue weighted by Crippen LogP contribution is -2.14. The van der Waals surface area contributed by atoms with E-state index in [0.29, 0.717) is 6.54 Å². The Bertz CT molecular complexity index is 306. The maximum Gasteiger partial charge on any atom is 0.208 e. The quantitative estimate of drug-likeness (QED) is 0.560. The van der Waals surface area contributed by atoms with E-state index in [1.54, 1.807) is 6.20 Å². The van der Waals surface area contributed by atoms with Gasteiger partial charge in [0, 0.05) is 13.0 Å². The minimum absolute atomic E-state index is 0.680. The molecule has 0 bridgehead atoms. The third-order valence-corrected chi connectivity index (χ3v) is 1.55. The summed E-state index contributed by atoms with van der Waals surface area (Å²) in [6.07, 6.45) is 2.60. The number of aryl methyl sites for hydroxylation is 1. The normalized spacial score (nSPS) is 9.38. The summed E-state index contributed by atoms with van der Waals surface area (Å²) in [5.41, 5.74) is 0. The molecule has 0 unspecified atom stereocenters. The number of rotatable bonds is 4. The number of nitrogens with zero attached hydrogens (tertiary/aromatic N) is 1. The van der Waals surface area contributed by atoms with Crippen LogP contribution in [-0.4, -0.2) is 11.5 Å². The van der Waals surface area contributed by atoms with Crippen molar-refractivity contribution in [1.29, 1.82) is 0 Å². The van der Waals surface area contributed by atoms with Gasteiger partial charge in [-0.3, -0.25) is 0 Å². The van der Waals surface area contributed by atoms with Crippen LogP contribution in [-0.2, 0) is 6.54 Å². The predicted molar refractivity (Wildman–Crippen MR) is 51.0 cm³/mol. The lowest BCUT2D eigenvalue weighted by atomic mass is 10.4. The zero-order chi connectivity index (χ0) is 9.52. The molecule has 1 N–H and O–H groups in total. The molecule has 0 radical (unpaired) electrons. The van der Waals surface area contributed by atoms with Crippen molar-refractivity contribution in [2.24, 2.45) is 0 Å². The summed E-state index contributed by atoms with van der Waals surface area (Å²) < 4.78 is 5.28. The van der Waals surface area contributed by atoms with Gasteiger partial charge in [-0.2, -0.15) is 0 Å². The predicted octanol–water partition coefficient (Wildman–Crippen LogP) is 1.49. The Morgan fingerprint density at radius 3 is 3.08 bits per heavy atom. The molecule has 0 fully saturated rings. The number of nitrogens with one attached hydrogen (secondary N) is 1. The van der Waals surface area contributed by atoms with Crippen LogP contribution in [0.2, 0.25) is 0 Å². The van der Waals surface area contributed by atoms with E-state index in [-0.39, 0.29) is 0 Å².